The highest BCUT2D eigenvalue weighted by atomic mass is 32.2. The minimum atomic E-state index is -0.139. The van der Waals surface area contributed by atoms with E-state index in [0.717, 1.165) is 23.1 Å². The van der Waals surface area contributed by atoms with Gasteiger partial charge in [0.25, 0.3) is 0 Å². The molecule has 0 saturated carbocycles. The minimum Gasteiger partial charge on any atom is -0.302 e. The highest BCUT2D eigenvalue weighted by Gasteiger charge is 2.15. The molecule has 0 spiro atoms. The molecular weight excluding hydrogens is 344 g/mol. The van der Waals surface area contributed by atoms with E-state index in [0.29, 0.717) is 5.13 Å². The predicted octanol–water partition coefficient (Wildman–Crippen LogP) is 2.86. The summed E-state index contributed by atoms with van der Waals surface area (Å²) in [4.78, 5) is 12.0. The van der Waals surface area contributed by atoms with E-state index in [-0.39, 0.29) is 11.7 Å². The topological polar surface area (TPSA) is 85.6 Å². The lowest BCUT2D eigenvalue weighted by molar-refractivity contribution is -0.113. The van der Waals surface area contributed by atoms with Crippen molar-refractivity contribution in [1.29, 1.82) is 0 Å². The number of hydrogen-bond donors (Lipinski definition) is 1. The second-order valence-electron chi connectivity index (χ2n) is 5.00. The van der Waals surface area contributed by atoms with E-state index in [1.807, 2.05) is 36.6 Å². The van der Waals surface area contributed by atoms with Crippen molar-refractivity contribution < 1.29 is 4.79 Å². The van der Waals surface area contributed by atoms with Crippen LogP contribution in [0.3, 0.4) is 0 Å². The number of anilines is 1. The highest BCUT2D eigenvalue weighted by Crippen LogP contribution is 2.24. The summed E-state index contributed by atoms with van der Waals surface area (Å²) in [7, 11) is 0. The molecule has 0 atom stereocenters. The van der Waals surface area contributed by atoms with Crippen LogP contribution in [-0.4, -0.2) is 36.6 Å². The third-order valence-electron chi connectivity index (χ3n) is 3.25. The average molecular weight is 360 g/mol. The largest absolute Gasteiger partial charge is 0.302 e. The molecule has 2 aromatic heterocycles. The number of aryl methyl sites for hydroxylation is 1. The normalized spacial score (nSPS) is 10.8. The fraction of sp³-hybridized carbons (Fsp3) is 0.267. The van der Waals surface area contributed by atoms with Crippen molar-refractivity contribution in [3.8, 4) is 11.4 Å². The van der Waals surface area contributed by atoms with Crippen LogP contribution in [0.15, 0.2) is 34.9 Å². The summed E-state index contributed by atoms with van der Waals surface area (Å²) in [6.45, 7) is 4.81. The third-order valence-corrected chi connectivity index (χ3v) is 4.82. The molecule has 7 nitrogen and oxygen atoms in total. The van der Waals surface area contributed by atoms with E-state index in [1.165, 1.54) is 28.7 Å². The van der Waals surface area contributed by atoms with Crippen molar-refractivity contribution in [2.75, 3.05) is 11.1 Å². The van der Waals surface area contributed by atoms with Crippen molar-refractivity contribution in [3.05, 3.63) is 35.3 Å². The zero-order valence-electron chi connectivity index (χ0n) is 13.3. The summed E-state index contributed by atoms with van der Waals surface area (Å²) in [5, 5.41) is 19.9. The first-order valence-electron chi connectivity index (χ1n) is 7.36. The summed E-state index contributed by atoms with van der Waals surface area (Å²) < 4.78 is 2.01. The van der Waals surface area contributed by atoms with Gasteiger partial charge in [0.15, 0.2) is 11.0 Å². The fourth-order valence-electron chi connectivity index (χ4n) is 2.19. The number of aromatic nitrogens is 5. The van der Waals surface area contributed by atoms with Crippen LogP contribution in [0.25, 0.3) is 11.4 Å². The Bertz CT molecular complexity index is 830. The van der Waals surface area contributed by atoms with Crippen LogP contribution >= 0.6 is 23.1 Å². The van der Waals surface area contributed by atoms with Gasteiger partial charge >= 0.3 is 0 Å². The molecule has 0 aliphatic rings. The Hall–Kier alpha value is -2.26. The number of benzene rings is 1. The van der Waals surface area contributed by atoms with Crippen LogP contribution in [-0.2, 0) is 11.3 Å². The minimum absolute atomic E-state index is 0.139. The zero-order chi connectivity index (χ0) is 16.9. The molecule has 0 radical (unpaired) electrons. The molecule has 0 saturated heterocycles. The van der Waals surface area contributed by atoms with Gasteiger partial charge in [-0.3, -0.25) is 10.1 Å². The van der Waals surface area contributed by atoms with Crippen LogP contribution in [0, 0.1) is 6.92 Å². The van der Waals surface area contributed by atoms with E-state index in [4.69, 9.17) is 0 Å². The monoisotopic (exact) mass is 360 g/mol. The van der Waals surface area contributed by atoms with E-state index < -0.39 is 0 Å². The number of thioether (sulfide) groups is 1. The summed E-state index contributed by atoms with van der Waals surface area (Å²) >= 11 is 2.64. The molecule has 1 aromatic carbocycles. The third kappa shape index (κ3) is 3.80. The van der Waals surface area contributed by atoms with E-state index >= 15 is 0 Å². The molecule has 24 heavy (non-hydrogen) atoms. The maximum atomic E-state index is 12.0. The summed E-state index contributed by atoms with van der Waals surface area (Å²) in [6, 6.07) is 8.14. The van der Waals surface area contributed by atoms with Gasteiger partial charge in [-0.05, 0) is 19.9 Å². The molecular formula is C15H16N6OS2. The Morgan fingerprint density at radius 3 is 2.92 bits per heavy atom. The van der Waals surface area contributed by atoms with Crippen molar-refractivity contribution in [2.45, 2.75) is 25.5 Å². The molecule has 0 fully saturated rings. The molecule has 0 bridgehead atoms. The van der Waals surface area contributed by atoms with Gasteiger partial charge in [-0.25, -0.2) is 0 Å². The summed E-state index contributed by atoms with van der Waals surface area (Å²) in [5.74, 6) is 0.915. The molecule has 9 heteroatoms. The van der Waals surface area contributed by atoms with Gasteiger partial charge in [0.05, 0.1) is 5.75 Å². The molecule has 124 valence electrons. The van der Waals surface area contributed by atoms with Crippen LogP contribution in [0.1, 0.15) is 12.5 Å². The van der Waals surface area contributed by atoms with E-state index in [1.54, 1.807) is 5.51 Å². The number of amides is 1. The summed E-state index contributed by atoms with van der Waals surface area (Å²) in [5.41, 5.74) is 3.77. The standard InChI is InChI=1S/C15H16N6OS2/c1-3-21-13(11-6-4-5-10(2)7-11)18-20-15(21)23-8-12(22)17-14-19-16-9-24-14/h4-7,9H,3,8H2,1-2H3,(H,17,19,22). The summed E-state index contributed by atoms with van der Waals surface area (Å²) in [6.07, 6.45) is 0. The number of rotatable bonds is 6. The number of nitrogens with zero attached hydrogens (tertiary/aromatic N) is 5. The lowest BCUT2D eigenvalue weighted by atomic mass is 10.1. The smallest absolute Gasteiger partial charge is 0.236 e. The average Bonchev–Trinajstić information content (AvgIpc) is 3.21. The quantitative estimate of drug-likeness (QED) is 0.680. The number of carbonyl (C=O) groups excluding carboxylic acids is 1. The van der Waals surface area contributed by atoms with Crippen molar-refractivity contribution in [1.82, 2.24) is 25.0 Å². The second-order valence-corrected chi connectivity index (χ2v) is 6.78. The van der Waals surface area contributed by atoms with Gasteiger partial charge in [-0.1, -0.05) is 46.9 Å². The Balaban J connectivity index is 1.71. The maximum Gasteiger partial charge on any atom is 0.236 e. The van der Waals surface area contributed by atoms with Gasteiger partial charge in [-0.15, -0.1) is 20.4 Å². The van der Waals surface area contributed by atoms with Crippen LogP contribution in [0.5, 0.6) is 0 Å². The van der Waals surface area contributed by atoms with Gasteiger partial charge < -0.3 is 4.57 Å². The van der Waals surface area contributed by atoms with Gasteiger partial charge in [-0.2, -0.15) is 0 Å². The van der Waals surface area contributed by atoms with E-state index in [2.05, 4.69) is 31.8 Å². The van der Waals surface area contributed by atoms with Gasteiger partial charge in [0, 0.05) is 12.1 Å². The molecule has 1 amide bonds. The molecule has 0 aliphatic heterocycles. The van der Waals surface area contributed by atoms with Crippen molar-refractivity contribution >= 4 is 34.1 Å². The van der Waals surface area contributed by atoms with Gasteiger partial charge in [0.1, 0.15) is 5.51 Å². The molecule has 3 aromatic rings. The first kappa shape index (κ1) is 16.6. The van der Waals surface area contributed by atoms with Crippen molar-refractivity contribution in [2.24, 2.45) is 0 Å². The van der Waals surface area contributed by atoms with Crippen LogP contribution < -0.4 is 5.32 Å². The number of carbonyl (C=O) groups is 1. The van der Waals surface area contributed by atoms with Crippen LogP contribution in [0.2, 0.25) is 0 Å². The molecule has 3 rings (SSSR count). The van der Waals surface area contributed by atoms with Crippen LogP contribution in [0.4, 0.5) is 5.13 Å². The Kier molecular flexibility index (Phi) is 5.21. The van der Waals surface area contributed by atoms with E-state index in [9.17, 15) is 4.79 Å². The lowest BCUT2D eigenvalue weighted by Crippen LogP contribution is -2.14. The first-order chi connectivity index (χ1) is 11.7. The highest BCUT2D eigenvalue weighted by molar-refractivity contribution is 7.99. The Morgan fingerprint density at radius 1 is 1.33 bits per heavy atom. The maximum absolute atomic E-state index is 12.0. The second kappa shape index (κ2) is 7.54. The Morgan fingerprint density at radius 2 is 2.21 bits per heavy atom. The molecule has 1 N–H and O–H groups in total. The lowest BCUT2D eigenvalue weighted by Gasteiger charge is -2.07. The SMILES string of the molecule is CCn1c(SCC(=O)Nc2nncs2)nnc1-c1cccc(C)c1. The zero-order valence-corrected chi connectivity index (χ0v) is 14.9. The molecule has 0 unspecified atom stereocenters. The molecule has 0 aliphatic carbocycles. The number of hydrogen-bond acceptors (Lipinski definition) is 7. The Labute approximate surface area is 147 Å². The fourth-order valence-corrected chi connectivity index (χ4v) is 3.45. The van der Waals surface area contributed by atoms with Crippen molar-refractivity contribution in [3.63, 3.8) is 0 Å². The predicted molar refractivity (Wildman–Crippen MR) is 95.1 cm³/mol. The van der Waals surface area contributed by atoms with Gasteiger partial charge in [0.2, 0.25) is 11.0 Å². The number of nitrogens with one attached hydrogen (secondary N) is 1. The molecule has 2 heterocycles. The first-order valence-corrected chi connectivity index (χ1v) is 9.23.